The second-order valence-electron chi connectivity index (χ2n) is 14.8. The monoisotopic (exact) mass is 850 g/mol. The summed E-state index contributed by atoms with van der Waals surface area (Å²) in [5.74, 6) is 2.13. The van der Waals surface area contributed by atoms with Gasteiger partial charge in [-0.15, -0.1) is 0 Å². The minimum Gasteiger partial charge on any atom is -0.355 e. The third-order valence-corrected chi connectivity index (χ3v) is 11.3. The van der Waals surface area contributed by atoms with Gasteiger partial charge in [-0.05, 0) is 111 Å². The van der Waals surface area contributed by atoms with Crippen molar-refractivity contribution in [3.05, 3.63) is 137 Å². The lowest BCUT2D eigenvalue weighted by atomic mass is 9.87. The Bertz CT molecular complexity index is 2210. The van der Waals surface area contributed by atoms with Crippen molar-refractivity contribution in [3.8, 4) is 0 Å². The predicted molar refractivity (Wildman–Crippen MR) is 217 cm³/mol. The van der Waals surface area contributed by atoms with E-state index < -0.39 is 23.7 Å². The highest BCUT2D eigenvalue weighted by Crippen LogP contribution is 2.38. The molecule has 0 bridgehead atoms. The number of hydrogen-bond acceptors (Lipinski definition) is 6. The molecule has 0 amide bonds. The fraction of sp³-hybridized carbons (Fsp3) is 0.364. The maximum Gasteiger partial charge on any atom is 0.437 e. The largest absolute Gasteiger partial charge is 0.437 e. The molecule has 0 unspecified atom stereocenters. The van der Waals surface area contributed by atoms with Gasteiger partial charge in [0.1, 0.15) is 4.60 Å². The van der Waals surface area contributed by atoms with Crippen LogP contribution in [0.15, 0.2) is 114 Å². The smallest absolute Gasteiger partial charge is 0.355 e. The molecule has 2 aliphatic rings. The number of anilines is 1. The van der Waals surface area contributed by atoms with Gasteiger partial charge in [-0.25, -0.2) is 19.9 Å². The van der Waals surface area contributed by atoms with E-state index >= 15 is 0 Å². The highest BCUT2D eigenvalue weighted by atomic mass is 79.9. The molecule has 6 aromatic rings. The summed E-state index contributed by atoms with van der Waals surface area (Å²) >= 11 is 2.64. The topological polar surface area (TPSA) is 66.8 Å². The summed E-state index contributed by atoms with van der Waals surface area (Å²) < 4.78 is 75.2. The normalized spacial score (nSPS) is 18.1. The van der Waals surface area contributed by atoms with Gasteiger partial charge < -0.3 is 10.2 Å². The van der Waals surface area contributed by atoms with E-state index in [0.29, 0.717) is 30.8 Å². The third kappa shape index (κ3) is 10.9. The number of fused-ring (bicyclic) bond motifs is 2. The first-order valence-corrected chi connectivity index (χ1v) is 19.9. The molecule has 0 radical (unpaired) electrons. The van der Waals surface area contributed by atoms with Crippen molar-refractivity contribution < 1.29 is 26.3 Å². The number of hydrogen-bond donors (Lipinski definition) is 1. The quantitative estimate of drug-likeness (QED) is 0.161. The van der Waals surface area contributed by atoms with Gasteiger partial charge >= 0.3 is 12.4 Å². The maximum absolute atomic E-state index is 13.2. The van der Waals surface area contributed by atoms with Crippen LogP contribution in [-0.4, -0.2) is 46.1 Å². The molecule has 13 heteroatoms. The summed E-state index contributed by atoms with van der Waals surface area (Å²) in [6.45, 7) is 8.14. The molecule has 2 aliphatic heterocycles. The number of nitrogens with zero attached hydrogens (tertiary/aromatic N) is 5. The molecule has 300 valence electrons. The highest BCUT2D eigenvalue weighted by molar-refractivity contribution is 9.10. The van der Waals surface area contributed by atoms with E-state index in [2.05, 4.69) is 128 Å². The number of benzene rings is 4. The van der Waals surface area contributed by atoms with Crippen molar-refractivity contribution >= 4 is 43.3 Å². The Hall–Kier alpha value is -4.62. The first-order valence-electron chi connectivity index (χ1n) is 19.1. The fourth-order valence-electron chi connectivity index (χ4n) is 8.02. The van der Waals surface area contributed by atoms with E-state index in [1.807, 2.05) is 12.1 Å². The van der Waals surface area contributed by atoms with Crippen LogP contribution in [0.2, 0.25) is 0 Å². The Morgan fingerprint density at radius 2 is 1.16 bits per heavy atom. The Morgan fingerprint density at radius 1 is 0.649 bits per heavy atom. The van der Waals surface area contributed by atoms with Gasteiger partial charge in [0.05, 0.1) is 0 Å². The molecule has 0 aliphatic carbocycles. The summed E-state index contributed by atoms with van der Waals surface area (Å²) in [6.07, 6.45) is 0.127. The van der Waals surface area contributed by atoms with Gasteiger partial charge in [-0.2, -0.15) is 26.3 Å². The molecule has 6 nitrogen and oxygen atoms in total. The molecular formula is C44H45BrF6N6. The molecule has 0 saturated carbocycles. The summed E-state index contributed by atoms with van der Waals surface area (Å²) in [7, 11) is 0. The van der Waals surface area contributed by atoms with Crippen molar-refractivity contribution in [2.24, 2.45) is 11.8 Å². The lowest BCUT2D eigenvalue weighted by Gasteiger charge is -2.22. The van der Waals surface area contributed by atoms with E-state index in [4.69, 9.17) is 0 Å². The number of halogens is 7. The number of aromatic nitrogens is 4. The van der Waals surface area contributed by atoms with Crippen molar-refractivity contribution in [2.75, 3.05) is 31.1 Å². The van der Waals surface area contributed by atoms with Gasteiger partial charge in [-0.1, -0.05) is 98.8 Å². The van der Waals surface area contributed by atoms with Crippen LogP contribution in [0.4, 0.5) is 32.2 Å². The van der Waals surface area contributed by atoms with E-state index in [0.717, 1.165) is 31.2 Å². The van der Waals surface area contributed by atoms with Crippen LogP contribution in [0, 0.1) is 11.8 Å². The number of nitrogens with one attached hydrogen (secondary N) is 1. The highest BCUT2D eigenvalue weighted by Gasteiger charge is 2.39. The van der Waals surface area contributed by atoms with Crippen molar-refractivity contribution in [3.63, 3.8) is 0 Å². The Labute approximate surface area is 337 Å². The summed E-state index contributed by atoms with van der Waals surface area (Å²) in [5, 5.41) is 8.73. The van der Waals surface area contributed by atoms with Crippen molar-refractivity contribution in [2.45, 2.75) is 63.7 Å². The Morgan fingerprint density at radius 3 is 1.68 bits per heavy atom. The van der Waals surface area contributed by atoms with Crippen LogP contribution in [-0.2, 0) is 12.4 Å². The van der Waals surface area contributed by atoms with Gasteiger partial charge in [0, 0.05) is 37.9 Å². The van der Waals surface area contributed by atoms with Gasteiger partial charge in [-0.3, -0.25) is 0 Å². The zero-order chi connectivity index (χ0) is 40.6. The molecule has 57 heavy (non-hydrogen) atoms. The van der Waals surface area contributed by atoms with Crippen LogP contribution in [0.5, 0.6) is 0 Å². The molecule has 2 fully saturated rings. The lowest BCUT2D eigenvalue weighted by Crippen LogP contribution is -2.25. The zero-order valence-electron chi connectivity index (χ0n) is 31.7. The fourth-order valence-corrected chi connectivity index (χ4v) is 8.47. The van der Waals surface area contributed by atoms with Gasteiger partial charge in [0.25, 0.3) is 0 Å². The zero-order valence-corrected chi connectivity index (χ0v) is 33.3. The molecule has 0 spiro atoms. The molecule has 2 saturated heterocycles. The second-order valence-corrected chi connectivity index (χ2v) is 15.5. The second kappa shape index (κ2) is 18.8. The summed E-state index contributed by atoms with van der Waals surface area (Å²) in [6, 6.07) is 30.1. The third-order valence-electron chi connectivity index (χ3n) is 10.7. The molecule has 4 atom stereocenters. The molecule has 8 rings (SSSR count). The van der Waals surface area contributed by atoms with E-state index in [9.17, 15) is 26.3 Å². The van der Waals surface area contributed by atoms with Gasteiger partial charge in [0.15, 0.2) is 17.2 Å². The summed E-state index contributed by atoms with van der Waals surface area (Å²) in [5.41, 5.74) is 0.921. The lowest BCUT2D eigenvalue weighted by molar-refractivity contribution is -0.142. The molecule has 2 aromatic heterocycles. The van der Waals surface area contributed by atoms with Crippen molar-refractivity contribution in [1.82, 2.24) is 25.3 Å². The number of alkyl halides is 6. The number of rotatable bonds is 7. The first kappa shape index (κ1) is 42.0. The predicted octanol–water partition coefficient (Wildman–Crippen LogP) is 11.9. The Kier molecular flexibility index (Phi) is 13.8. The maximum atomic E-state index is 13.2. The average molecular weight is 852 g/mol. The van der Waals surface area contributed by atoms with Crippen LogP contribution < -0.4 is 10.2 Å². The molecule has 4 aromatic carbocycles. The van der Waals surface area contributed by atoms with E-state index in [1.54, 1.807) is 4.90 Å². The van der Waals surface area contributed by atoms with Crippen LogP contribution in [0.25, 0.3) is 21.5 Å². The van der Waals surface area contributed by atoms with Gasteiger partial charge in [0.2, 0.25) is 0 Å². The minimum absolute atomic E-state index is 0.0460. The standard InChI is InChI=1S/C22H22F3N3.C17H21N.C5H2BrF3N2/c1-15(18-8-4-6-17-5-2-3-7-19(17)18)13-16-9-12-28(14-16)21-20(22(23,24)25)26-10-11-27-21;1-13(11-14-9-10-18-12-14)16-8-4-6-15-5-2-3-7-17(15)16;6-4-3(5(7,8)9)10-1-2-11-4/h2-8,10-11,15-16H,9,12-14H2,1H3;2-8,13-14,18H,9-12H2,1H3;1-2H/t15-,16-;13-,14-;/m00./s1. The average Bonchev–Trinajstić information content (AvgIpc) is 3.90. The van der Waals surface area contributed by atoms with Crippen molar-refractivity contribution in [1.29, 1.82) is 0 Å². The summed E-state index contributed by atoms with van der Waals surface area (Å²) in [4.78, 5) is 15.7. The van der Waals surface area contributed by atoms with Crippen LogP contribution in [0.3, 0.4) is 0 Å². The van der Waals surface area contributed by atoms with Crippen LogP contribution >= 0.6 is 15.9 Å². The minimum atomic E-state index is -4.49. The first-order chi connectivity index (χ1) is 27.3. The molecular weight excluding hydrogens is 806 g/mol. The van der Waals surface area contributed by atoms with E-state index in [-0.39, 0.29) is 10.4 Å². The Balaban J connectivity index is 0.000000161. The molecule has 1 N–H and O–H groups in total. The molecule has 4 heterocycles. The SMILES string of the molecule is C[C@@H](C[C@@H]1CCN(c2nccnc2C(F)(F)F)C1)c1cccc2ccccc12.C[C@@H](C[C@@H]1CCNC1)c1cccc2ccccc12.FC(F)(F)c1nccnc1Br. The van der Waals surface area contributed by atoms with Crippen LogP contribution in [0.1, 0.15) is 73.9 Å². The van der Waals surface area contributed by atoms with E-state index in [1.165, 1.54) is 71.0 Å².